The molecule has 1 N–H and O–H groups in total. The Labute approximate surface area is 175 Å². The fourth-order valence-electron chi connectivity index (χ4n) is 4.91. The number of imide groups is 1. The smallest absolute Gasteiger partial charge is 0.325 e. The molecule has 0 radical (unpaired) electrons. The van der Waals surface area contributed by atoms with E-state index < -0.39 is 23.3 Å². The molecular weight excluding hydrogens is 397 g/mol. The Morgan fingerprint density at radius 3 is 2.66 bits per heavy atom. The molecule has 2 fully saturated rings. The first-order valence-corrected chi connectivity index (χ1v) is 10.1. The third-order valence-electron chi connectivity index (χ3n) is 5.80. The van der Waals surface area contributed by atoms with Gasteiger partial charge in [0, 0.05) is 24.2 Å². The third-order valence-corrected chi connectivity index (χ3v) is 6.15. The van der Waals surface area contributed by atoms with Gasteiger partial charge in [0.2, 0.25) is 5.91 Å². The Hall–Kier alpha value is -2.15. The van der Waals surface area contributed by atoms with Gasteiger partial charge in [-0.15, -0.1) is 0 Å². The molecule has 0 bridgehead atoms. The summed E-state index contributed by atoms with van der Waals surface area (Å²) < 4.78 is 14.0. The highest BCUT2D eigenvalue weighted by atomic mass is 35.5. The summed E-state index contributed by atoms with van der Waals surface area (Å²) in [7, 11) is 1.49. The summed E-state index contributed by atoms with van der Waals surface area (Å²) in [5.41, 5.74) is -0.841. The van der Waals surface area contributed by atoms with Crippen molar-refractivity contribution in [2.75, 3.05) is 13.6 Å². The van der Waals surface area contributed by atoms with Crippen molar-refractivity contribution >= 4 is 29.4 Å². The topological polar surface area (TPSA) is 69.7 Å². The molecule has 2 aliphatic rings. The zero-order valence-electron chi connectivity index (χ0n) is 17.2. The minimum Gasteiger partial charge on any atom is -0.340 e. The average molecular weight is 424 g/mol. The molecular formula is C21H27ClFN3O3. The van der Waals surface area contributed by atoms with Gasteiger partial charge in [0.1, 0.15) is 17.9 Å². The zero-order valence-corrected chi connectivity index (χ0v) is 18.0. The summed E-state index contributed by atoms with van der Waals surface area (Å²) in [6.45, 7) is 5.81. The molecule has 1 aliphatic heterocycles. The number of rotatable bonds is 4. The van der Waals surface area contributed by atoms with Gasteiger partial charge in [0.05, 0.1) is 0 Å². The normalized spacial score (nSPS) is 26.0. The molecule has 1 heterocycles. The number of carbonyl (C=O) groups is 3. The van der Waals surface area contributed by atoms with E-state index in [1.807, 2.05) is 0 Å². The lowest BCUT2D eigenvalue weighted by Gasteiger charge is -2.43. The molecule has 3 rings (SSSR count). The molecule has 1 saturated carbocycles. The van der Waals surface area contributed by atoms with Crippen molar-refractivity contribution in [3.63, 3.8) is 0 Å². The van der Waals surface area contributed by atoms with Gasteiger partial charge in [-0.05, 0) is 42.7 Å². The molecule has 1 aromatic carbocycles. The number of urea groups is 1. The number of carbonyl (C=O) groups excluding carboxylic acids is 3. The van der Waals surface area contributed by atoms with Crippen molar-refractivity contribution in [1.29, 1.82) is 0 Å². The Balaban J connectivity index is 1.72. The number of hydrogen-bond donors (Lipinski definition) is 1. The molecule has 1 spiro atoms. The van der Waals surface area contributed by atoms with Gasteiger partial charge in [-0.2, -0.15) is 0 Å². The van der Waals surface area contributed by atoms with Crippen molar-refractivity contribution in [3.8, 4) is 0 Å². The summed E-state index contributed by atoms with van der Waals surface area (Å²) in [5, 5.41) is 3.07. The lowest BCUT2D eigenvalue weighted by atomic mass is 9.64. The predicted molar refractivity (Wildman–Crippen MR) is 108 cm³/mol. The van der Waals surface area contributed by atoms with E-state index in [1.54, 1.807) is 6.07 Å². The molecule has 158 valence electrons. The van der Waals surface area contributed by atoms with E-state index in [2.05, 4.69) is 26.1 Å². The number of benzene rings is 1. The minimum atomic E-state index is -0.952. The van der Waals surface area contributed by atoms with Gasteiger partial charge in [0.15, 0.2) is 0 Å². The maximum atomic E-state index is 14.0. The Morgan fingerprint density at radius 2 is 2.03 bits per heavy atom. The van der Waals surface area contributed by atoms with Crippen LogP contribution in [0.25, 0.3) is 0 Å². The van der Waals surface area contributed by atoms with Gasteiger partial charge in [-0.3, -0.25) is 14.5 Å². The van der Waals surface area contributed by atoms with Crippen molar-refractivity contribution in [2.45, 2.75) is 52.1 Å². The van der Waals surface area contributed by atoms with Crippen LogP contribution in [-0.2, 0) is 16.1 Å². The molecule has 2 atom stereocenters. The third kappa shape index (κ3) is 4.25. The summed E-state index contributed by atoms with van der Waals surface area (Å²) in [5.74, 6) is -1.05. The van der Waals surface area contributed by atoms with Crippen LogP contribution < -0.4 is 5.32 Å². The summed E-state index contributed by atoms with van der Waals surface area (Å²) in [6.07, 6.45) is 2.08. The summed E-state index contributed by atoms with van der Waals surface area (Å²) in [4.78, 5) is 40.6. The van der Waals surface area contributed by atoms with E-state index in [-0.39, 0.29) is 40.9 Å². The second-order valence-electron chi connectivity index (χ2n) is 9.21. The highest BCUT2D eigenvalue weighted by molar-refractivity contribution is 6.31. The monoisotopic (exact) mass is 423 g/mol. The van der Waals surface area contributed by atoms with Crippen LogP contribution in [0.3, 0.4) is 0 Å². The van der Waals surface area contributed by atoms with Gasteiger partial charge >= 0.3 is 6.03 Å². The molecule has 29 heavy (non-hydrogen) atoms. The highest BCUT2D eigenvalue weighted by Gasteiger charge is 2.56. The number of likely N-dealkylation sites (N-methyl/N-ethyl adjacent to an activating group) is 1. The van der Waals surface area contributed by atoms with Gasteiger partial charge in [-0.25, -0.2) is 9.18 Å². The van der Waals surface area contributed by atoms with Crippen LogP contribution in [-0.4, -0.2) is 46.8 Å². The van der Waals surface area contributed by atoms with E-state index in [4.69, 9.17) is 11.6 Å². The van der Waals surface area contributed by atoms with Crippen molar-refractivity contribution in [1.82, 2.24) is 15.1 Å². The second-order valence-corrected chi connectivity index (χ2v) is 9.62. The lowest BCUT2D eigenvalue weighted by molar-refractivity contribution is -0.140. The van der Waals surface area contributed by atoms with Crippen LogP contribution in [0.2, 0.25) is 5.02 Å². The zero-order chi connectivity index (χ0) is 21.6. The predicted octanol–water partition coefficient (Wildman–Crippen LogP) is 3.57. The molecule has 1 aromatic rings. The second kappa shape index (κ2) is 7.59. The molecule has 2 unspecified atom stereocenters. The van der Waals surface area contributed by atoms with Crippen molar-refractivity contribution < 1.29 is 18.8 Å². The molecule has 0 aromatic heterocycles. The number of hydrogen-bond acceptors (Lipinski definition) is 3. The average Bonchev–Trinajstić information content (AvgIpc) is 2.79. The van der Waals surface area contributed by atoms with E-state index in [0.717, 1.165) is 11.3 Å². The fraction of sp³-hybridized carbons (Fsp3) is 0.571. The number of nitrogens with zero attached hydrogens (tertiary/aromatic N) is 2. The molecule has 4 amide bonds. The van der Waals surface area contributed by atoms with E-state index in [9.17, 15) is 18.8 Å². The van der Waals surface area contributed by atoms with E-state index >= 15 is 0 Å². The standard InChI is InChI=1S/C21H27ClFN3O3/c1-13-8-20(2,3)12-21(9-13)18(28)26(19(29)24-21)11-17(27)25(4)10-14-15(22)6-5-7-16(14)23/h5-7,13H,8-12H2,1-4H3,(H,24,29). The first-order valence-electron chi connectivity index (χ1n) is 9.75. The Kier molecular flexibility index (Phi) is 5.64. The minimum absolute atomic E-state index is 0.0524. The molecule has 8 heteroatoms. The van der Waals surface area contributed by atoms with Crippen LogP contribution in [0.1, 0.15) is 45.6 Å². The summed E-state index contributed by atoms with van der Waals surface area (Å²) >= 11 is 6.03. The van der Waals surface area contributed by atoms with Crippen LogP contribution in [0.4, 0.5) is 9.18 Å². The molecule has 6 nitrogen and oxygen atoms in total. The first-order chi connectivity index (χ1) is 13.4. The van der Waals surface area contributed by atoms with Gasteiger partial charge in [-0.1, -0.05) is 38.4 Å². The Bertz CT molecular complexity index is 839. The first kappa shape index (κ1) is 21.6. The van der Waals surface area contributed by atoms with Crippen LogP contribution in [0.15, 0.2) is 18.2 Å². The van der Waals surface area contributed by atoms with Crippen molar-refractivity contribution in [2.24, 2.45) is 11.3 Å². The number of nitrogens with one attached hydrogen (secondary N) is 1. The number of halogens is 2. The molecule has 1 saturated heterocycles. The lowest BCUT2D eigenvalue weighted by Crippen LogP contribution is -2.54. The van der Waals surface area contributed by atoms with Gasteiger partial charge < -0.3 is 10.2 Å². The van der Waals surface area contributed by atoms with Gasteiger partial charge in [0.25, 0.3) is 5.91 Å². The van der Waals surface area contributed by atoms with E-state index in [1.165, 1.54) is 24.1 Å². The van der Waals surface area contributed by atoms with Crippen LogP contribution in [0, 0.1) is 17.2 Å². The molecule has 1 aliphatic carbocycles. The maximum absolute atomic E-state index is 14.0. The van der Waals surface area contributed by atoms with Crippen molar-refractivity contribution in [3.05, 3.63) is 34.6 Å². The highest BCUT2D eigenvalue weighted by Crippen LogP contribution is 2.46. The SMILES string of the molecule is CC1CC(C)(C)CC2(C1)NC(=O)N(CC(=O)N(C)Cc1c(F)cccc1Cl)C2=O. The maximum Gasteiger partial charge on any atom is 0.325 e. The van der Waals surface area contributed by atoms with E-state index in [0.29, 0.717) is 12.8 Å². The quantitative estimate of drug-likeness (QED) is 0.752. The summed E-state index contributed by atoms with van der Waals surface area (Å²) in [6, 6.07) is 3.76. The largest absolute Gasteiger partial charge is 0.340 e. The fourth-order valence-corrected chi connectivity index (χ4v) is 5.14. The van der Waals surface area contributed by atoms with Crippen LogP contribution in [0.5, 0.6) is 0 Å². The Morgan fingerprint density at radius 1 is 1.34 bits per heavy atom. The number of amides is 4. The van der Waals surface area contributed by atoms with Crippen LogP contribution >= 0.6 is 11.6 Å².